The van der Waals surface area contributed by atoms with E-state index in [0.717, 1.165) is 19.3 Å². The minimum Gasteiger partial charge on any atom is -0.326 e. The molecule has 0 saturated carbocycles. The first-order valence-electron chi connectivity index (χ1n) is 8.53. The number of nitrogens with two attached hydrogens (primary N) is 2. The van der Waals surface area contributed by atoms with Crippen LogP contribution in [0.1, 0.15) is 67.7 Å². The Bertz CT molecular complexity index is 403. The van der Waals surface area contributed by atoms with E-state index in [1.807, 2.05) is 0 Å². The van der Waals surface area contributed by atoms with Crippen molar-refractivity contribution in [2.24, 2.45) is 11.5 Å². The fraction of sp³-hybridized carbons (Fsp3) is 0.684. The monoisotopic (exact) mass is 290 g/mol. The van der Waals surface area contributed by atoms with Crippen LogP contribution in [-0.4, -0.2) is 12.1 Å². The molecule has 4 N–H and O–H groups in total. The van der Waals surface area contributed by atoms with Crippen molar-refractivity contribution in [3.05, 3.63) is 34.4 Å². The molecular formula is C19H34N2. The van der Waals surface area contributed by atoms with Crippen LogP contribution < -0.4 is 11.5 Å². The van der Waals surface area contributed by atoms with Gasteiger partial charge in [-0.05, 0) is 63.1 Å². The molecule has 0 heterocycles. The van der Waals surface area contributed by atoms with Crippen molar-refractivity contribution in [3.63, 3.8) is 0 Å². The minimum atomic E-state index is 0.164. The molecule has 0 amide bonds. The Morgan fingerprint density at radius 3 is 1.90 bits per heavy atom. The van der Waals surface area contributed by atoms with E-state index >= 15 is 0 Å². The zero-order chi connectivity index (χ0) is 15.8. The molecular weight excluding hydrogens is 256 g/mol. The highest BCUT2D eigenvalue weighted by atomic mass is 14.8. The lowest BCUT2D eigenvalue weighted by Crippen LogP contribution is -2.41. The molecule has 0 aliphatic rings. The lowest BCUT2D eigenvalue weighted by molar-refractivity contribution is 0.442. The van der Waals surface area contributed by atoms with Crippen molar-refractivity contribution >= 4 is 0 Å². The summed E-state index contributed by atoms with van der Waals surface area (Å²) in [5, 5.41) is 0. The maximum absolute atomic E-state index is 6.19. The molecule has 0 aromatic heterocycles. The van der Waals surface area contributed by atoms with Crippen molar-refractivity contribution < 1.29 is 0 Å². The summed E-state index contributed by atoms with van der Waals surface area (Å²) in [7, 11) is 0. The molecule has 2 atom stereocenters. The van der Waals surface area contributed by atoms with Gasteiger partial charge in [0.15, 0.2) is 0 Å². The summed E-state index contributed by atoms with van der Waals surface area (Å²) in [6.07, 6.45) is 8.05. The van der Waals surface area contributed by atoms with Crippen LogP contribution in [0.15, 0.2) is 12.1 Å². The van der Waals surface area contributed by atoms with E-state index in [1.54, 1.807) is 0 Å². The van der Waals surface area contributed by atoms with Crippen LogP contribution in [0.4, 0.5) is 0 Å². The summed E-state index contributed by atoms with van der Waals surface area (Å²) in [4.78, 5) is 0. The highest BCUT2D eigenvalue weighted by molar-refractivity contribution is 5.37. The van der Waals surface area contributed by atoms with E-state index in [9.17, 15) is 0 Å². The Labute approximate surface area is 131 Å². The van der Waals surface area contributed by atoms with Gasteiger partial charge in [-0.1, -0.05) is 43.9 Å². The van der Waals surface area contributed by atoms with Crippen molar-refractivity contribution in [3.8, 4) is 0 Å². The number of unbranched alkanes of at least 4 members (excludes halogenated alkanes) is 2. The van der Waals surface area contributed by atoms with Gasteiger partial charge in [0.05, 0.1) is 0 Å². The van der Waals surface area contributed by atoms with E-state index in [2.05, 4.69) is 39.8 Å². The Balaban J connectivity index is 2.34. The van der Waals surface area contributed by atoms with Gasteiger partial charge in [0.25, 0.3) is 0 Å². The molecule has 21 heavy (non-hydrogen) atoms. The standard InChI is InChI=1S/C19H34N2/c1-5-6-10-18(20)19(21)11-8-7-9-17-15(3)12-14(2)13-16(17)4/h12-13,18-19H,5-11,20-21H2,1-4H3. The van der Waals surface area contributed by atoms with E-state index in [1.165, 1.54) is 47.9 Å². The third-order valence-corrected chi connectivity index (χ3v) is 4.50. The van der Waals surface area contributed by atoms with E-state index < -0.39 is 0 Å². The van der Waals surface area contributed by atoms with Crippen molar-refractivity contribution in [2.45, 2.75) is 84.7 Å². The molecule has 1 rings (SSSR count). The van der Waals surface area contributed by atoms with Gasteiger partial charge in [0.1, 0.15) is 0 Å². The first kappa shape index (κ1) is 18.2. The topological polar surface area (TPSA) is 52.0 Å². The number of rotatable bonds is 9. The number of hydrogen-bond acceptors (Lipinski definition) is 2. The third kappa shape index (κ3) is 6.19. The third-order valence-electron chi connectivity index (χ3n) is 4.50. The van der Waals surface area contributed by atoms with Gasteiger partial charge in [-0.25, -0.2) is 0 Å². The van der Waals surface area contributed by atoms with Crippen molar-refractivity contribution in [1.29, 1.82) is 0 Å². The zero-order valence-electron chi connectivity index (χ0n) is 14.4. The summed E-state index contributed by atoms with van der Waals surface area (Å²) in [5.74, 6) is 0. The Morgan fingerprint density at radius 2 is 1.38 bits per heavy atom. The highest BCUT2D eigenvalue weighted by Gasteiger charge is 2.12. The molecule has 0 bridgehead atoms. The predicted molar refractivity (Wildman–Crippen MR) is 93.7 cm³/mol. The van der Waals surface area contributed by atoms with Gasteiger partial charge in [0, 0.05) is 12.1 Å². The van der Waals surface area contributed by atoms with Crippen molar-refractivity contribution in [2.75, 3.05) is 0 Å². The Hall–Kier alpha value is -0.860. The molecule has 2 heteroatoms. The summed E-state index contributed by atoms with van der Waals surface area (Å²) in [6, 6.07) is 4.91. The largest absolute Gasteiger partial charge is 0.326 e. The van der Waals surface area contributed by atoms with Crippen LogP contribution in [0.3, 0.4) is 0 Å². The van der Waals surface area contributed by atoms with Crippen LogP contribution in [0, 0.1) is 20.8 Å². The fourth-order valence-electron chi connectivity index (χ4n) is 3.15. The van der Waals surface area contributed by atoms with E-state index in [-0.39, 0.29) is 12.1 Å². The van der Waals surface area contributed by atoms with Crippen LogP contribution in [-0.2, 0) is 6.42 Å². The Kier molecular flexibility index (Phi) is 7.98. The van der Waals surface area contributed by atoms with Gasteiger partial charge in [-0.2, -0.15) is 0 Å². The number of benzene rings is 1. The molecule has 1 aromatic carbocycles. The molecule has 0 fully saturated rings. The maximum atomic E-state index is 6.19. The fourth-order valence-corrected chi connectivity index (χ4v) is 3.15. The smallest absolute Gasteiger partial charge is 0.0192 e. The van der Waals surface area contributed by atoms with Gasteiger partial charge in [-0.3, -0.25) is 0 Å². The summed E-state index contributed by atoms with van der Waals surface area (Å²) < 4.78 is 0. The lowest BCUT2D eigenvalue weighted by atomic mass is 9.93. The second-order valence-electron chi connectivity index (χ2n) is 6.59. The first-order chi connectivity index (χ1) is 9.95. The second-order valence-corrected chi connectivity index (χ2v) is 6.59. The molecule has 120 valence electrons. The molecule has 0 aliphatic carbocycles. The summed E-state index contributed by atoms with van der Waals surface area (Å²) >= 11 is 0. The molecule has 0 radical (unpaired) electrons. The number of hydrogen-bond donors (Lipinski definition) is 2. The Morgan fingerprint density at radius 1 is 0.857 bits per heavy atom. The highest BCUT2D eigenvalue weighted by Crippen LogP contribution is 2.19. The zero-order valence-corrected chi connectivity index (χ0v) is 14.4. The average Bonchev–Trinajstić information content (AvgIpc) is 2.42. The molecule has 0 spiro atoms. The minimum absolute atomic E-state index is 0.164. The summed E-state index contributed by atoms with van der Waals surface area (Å²) in [6.45, 7) is 8.81. The van der Waals surface area contributed by atoms with Gasteiger partial charge < -0.3 is 11.5 Å². The van der Waals surface area contributed by atoms with Crippen LogP contribution in [0.5, 0.6) is 0 Å². The lowest BCUT2D eigenvalue weighted by Gasteiger charge is -2.19. The molecule has 0 aliphatic heterocycles. The van der Waals surface area contributed by atoms with E-state index in [0.29, 0.717) is 0 Å². The van der Waals surface area contributed by atoms with Crippen molar-refractivity contribution in [1.82, 2.24) is 0 Å². The maximum Gasteiger partial charge on any atom is 0.0192 e. The first-order valence-corrected chi connectivity index (χ1v) is 8.53. The predicted octanol–water partition coefficient (Wildman–Crippen LogP) is 4.17. The van der Waals surface area contributed by atoms with Gasteiger partial charge in [0.2, 0.25) is 0 Å². The van der Waals surface area contributed by atoms with Crippen LogP contribution in [0.2, 0.25) is 0 Å². The molecule has 2 unspecified atom stereocenters. The van der Waals surface area contributed by atoms with Crippen LogP contribution >= 0.6 is 0 Å². The average molecular weight is 290 g/mol. The SMILES string of the molecule is CCCCC(N)C(N)CCCCc1c(C)cc(C)cc1C. The van der Waals surface area contributed by atoms with E-state index in [4.69, 9.17) is 11.5 Å². The van der Waals surface area contributed by atoms with Crippen LogP contribution in [0.25, 0.3) is 0 Å². The molecule has 1 aromatic rings. The second kappa shape index (κ2) is 9.22. The quantitative estimate of drug-likeness (QED) is 0.671. The summed E-state index contributed by atoms with van der Waals surface area (Å²) in [5.41, 5.74) is 18.1. The normalized spacial score (nSPS) is 14.2. The van der Waals surface area contributed by atoms with Gasteiger partial charge >= 0.3 is 0 Å². The molecule has 0 saturated heterocycles. The number of aryl methyl sites for hydroxylation is 3. The molecule has 2 nitrogen and oxygen atoms in total. The van der Waals surface area contributed by atoms with Gasteiger partial charge in [-0.15, -0.1) is 0 Å².